The van der Waals surface area contributed by atoms with E-state index >= 15 is 0 Å². The van der Waals surface area contributed by atoms with E-state index in [1.165, 1.54) is 0 Å². The number of rotatable bonds is 4. The number of thiocarbonyl (C=S) groups is 1. The number of hydrogen-bond donors (Lipinski definition) is 2. The lowest BCUT2D eigenvalue weighted by Crippen LogP contribution is -2.43. The molecule has 2 rings (SSSR count). The van der Waals surface area contributed by atoms with Gasteiger partial charge in [-0.1, -0.05) is 57.2 Å². The van der Waals surface area contributed by atoms with Crippen LogP contribution in [0.1, 0.15) is 27.7 Å². The van der Waals surface area contributed by atoms with Crippen molar-refractivity contribution in [3.8, 4) is 16.9 Å². The Morgan fingerprint density at radius 2 is 1.71 bits per heavy atom. The molecular weight excluding hydrogens is 316 g/mol. The highest BCUT2D eigenvalue weighted by Gasteiger charge is 2.20. The number of nitrogens with one attached hydrogen (secondary N) is 2. The lowest BCUT2D eigenvalue weighted by atomic mass is 9.88. The maximum atomic E-state index is 5.47. The van der Waals surface area contributed by atoms with Crippen molar-refractivity contribution in [1.82, 2.24) is 5.32 Å². The zero-order valence-corrected chi connectivity index (χ0v) is 15.8. The van der Waals surface area contributed by atoms with Crippen LogP contribution < -0.4 is 15.4 Å². The number of anilines is 1. The Hall–Kier alpha value is -2.07. The minimum absolute atomic E-state index is 0.127. The van der Waals surface area contributed by atoms with E-state index < -0.39 is 0 Å². The first kappa shape index (κ1) is 18.3. The molecule has 0 aliphatic rings. The van der Waals surface area contributed by atoms with Crippen molar-refractivity contribution in [2.24, 2.45) is 5.41 Å². The van der Waals surface area contributed by atoms with Crippen LogP contribution in [0.3, 0.4) is 0 Å². The van der Waals surface area contributed by atoms with Crippen molar-refractivity contribution in [1.29, 1.82) is 0 Å². The summed E-state index contributed by atoms with van der Waals surface area (Å²) in [5.41, 5.74) is 3.26. The second kappa shape index (κ2) is 7.67. The molecule has 2 N–H and O–H groups in total. The van der Waals surface area contributed by atoms with Crippen LogP contribution in [-0.4, -0.2) is 18.3 Å². The Kier molecular flexibility index (Phi) is 5.84. The van der Waals surface area contributed by atoms with Gasteiger partial charge in [0.25, 0.3) is 0 Å². The molecule has 0 spiro atoms. The summed E-state index contributed by atoms with van der Waals surface area (Å²) in [4.78, 5) is 0. The molecule has 0 amide bonds. The minimum Gasteiger partial charge on any atom is -0.495 e. The lowest BCUT2D eigenvalue weighted by Gasteiger charge is -2.29. The van der Waals surface area contributed by atoms with E-state index in [4.69, 9.17) is 17.0 Å². The Morgan fingerprint density at radius 3 is 2.29 bits per heavy atom. The topological polar surface area (TPSA) is 33.3 Å². The highest BCUT2D eigenvalue weighted by molar-refractivity contribution is 7.80. The summed E-state index contributed by atoms with van der Waals surface area (Å²) >= 11 is 5.47. The van der Waals surface area contributed by atoms with Gasteiger partial charge in [0.15, 0.2) is 5.11 Å². The van der Waals surface area contributed by atoms with Crippen LogP contribution in [-0.2, 0) is 0 Å². The van der Waals surface area contributed by atoms with Gasteiger partial charge in [-0.3, -0.25) is 0 Å². The van der Waals surface area contributed by atoms with Crippen LogP contribution in [0.2, 0.25) is 0 Å². The molecule has 0 bridgehead atoms. The average Bonchev–Trinajstić information content (AvgIpc) is 2.54. The molecule has 0 heterocycles. The molecule has 0 aromatic heterocycles. The van der Waals surface area contributed by atoms with Gasteiger partial charge in [0.2, 0.25) is 0 Å². The summed E-state index contributed by atoms with van der Waals surface area (Å²) in [5, 5.41) is 7.21. The predicted molar refractivity (Wildman–Crippen MR) is 107 cm³/mol. The predicted octanol–water partition coefficient (Wildman–Crippen LogP) is 5.08. The molecule has 0 aliphatic carbocycles. The Bertz CT molecular complexity index is 693. The molecule has 128 valence electrons. The summed E-state index contributed by atoms with van der Waals surface area (Å²) in [7, 11) is 1.66. The molecule has 2 aromatic carbocycles. The fourth-order valence-corrected chi connectivity index (χ4v) is 2.47. The van der Waals surface area contributed by atoms with Gasteiger partial charge in [-0.15, -0.1) is 0 Å². The summed E-state index contributed by atoms with van der Waals surface area (Å²) in [6.45, 7) is 8.68. The van der Waals surface area contributed by atoms with E-state index in [0.29, 0.717) is 5.11 Å². The lowest BCUT2D eigenvalue weighted by molar-refractivity contribution is 0.317. The van der Waals surface area contributed by atoms with Crippen LogP contribution in [0.25, 0.3) is 11.1 Å². The molecule has 0 fully saturated rings. The number of methoxy groups -OCH3 is 1. The fourth-order valence-electron chi connectivity index (χ4n) is 2.19. The molecule has 0 radical (unpaired) electrons. The quantitative estimate of drug-likeness (QED) is 0.759. The van der Waals surface area contributed by atoms with Gasteiger partial charge in [-0.25, -0.2) is 0 Å². The highest BCUT2D eigenvalue weighted by atomic mass is 32.1. The SMILES string of the molecule is COc1ccc(-c2ccccc2)cc1NC(=S)NC(C)C(C)(C)C. The van der Waals surface area contributed by atoms with Gasteiger partial charge in [0, 0.05) is 6.04 Å². The number of benzene rings is 2. The first-order chi connectivity index (χ1) is 11.3. The molecule has 0 aliphatic heterocycles. The molecule has 0 saturated carbocycles. The van der Waals surface area contributed by atoms with Gasteiger partial charge in [-0.05, 0) is 47.8 Å². The Morgan fingerprint density at radius 1 is 1.04 bits per heavy atom. The molecule has 3 nitrogen and oxygen atoms in total. The zero-order valence-electron chi connectivity index (χ0n) is 15.0. The Labute approximate surface area is 150 Å². The average molecular weight is 343 g/mol. The maximum Gasteiger partial charge on any atom is 0.171 e. The van der Waals surface area contributed by atoms with Crippen molar-refractivity contribution in [2.45, 2.75) is 33.7 Å². The van der Waals surface area contributed by atoms with E-state index in [0.717, 1.165) is 22.6 Å². The maximum absolute atomic E-state index is 5.47. The highest BCUT2D eigenvalue weighted by Crippen LogP contribution is 2.30. The van der Waals surface area contributed by atoms with Crippen LogP contribution >= 0.6 is 12.2 Å². The summed E-state index contributed by atoms with van der Waals surface area (Å²) in [5.74, 6) is 0.766. The summed E-state index contributed by atoms with van der Waals surface area (Å²) in [6.07, 6.45) is 0. The third kappa shape index (κ3) is 4.71. The van der Waals surface area contributed by atoms with Crippen LogP contribution in [0.5, 0.6) is 5.75 Å². The fraction of sp³-hybridized carbons (Fsp3) is 0.350. The van der Waals surface area contributed by atoms with Gasteiger partial charge >= 0.3 is 0 Å². The second-order valence-corrected chi connectivity index (χ2v) is 7.38. The minimum atomic E-state index is 0.127. The van der Waals surface area contributed by atoms with Crippen molar-refractivity contribution < 1.29 is 4.74 Å². The largest absolute Gasteiger partial charge is 0.495 e. The van der Waals surface area contributed by atoms with E-state index in [1.54, 1.807) is 7.11 Å². The van der Waals surface area contributed by atoms with Gasteiger partial charge < -0.3 is 15.4 Å². The Balaban J connectivity index is 2.21. The smallest absolute Gasteiger partial charge is 0.171 e. The van der Waals surface area contributed by atoms with Crippen LogP contribution in [0.15, 0.2) is 48.5 Å². The first-order valence-corrected chi connectivity index (χ1v) is 8.53. The molecular formula is C20H26N2OS. The first-order valence-electron chi connectivity index (χ1n) is 8.12. The standard InChI is InChI=1S/C20H26N2OS/c1-14(20(2,3)4)21-19(24)22-17-13-16(11-12-18(17)23-5)15-9-7-6-8-10-15/h6-14H,1-5H3,(H2,21,22,24). The van der Waals surface area contributed by atoms with Gasteiger partial charge in [-0.2, -0.15) is 0 Å². The molecule has 1 atom stereocenters. The van der Waals surface area contributed by atoms with E-state index in [9.17, 15) is 0 Å². The van der Waals surface area contributed by atoms with Gasteiger partial charge in [0.05, 0.1) is 12.8 Å². The van der Waals surface area contributed by atoms with Crippen LogP contribution in [0, 0.1) is 5.41 Å². The third-order valence-electron chi connectivity index (χ3n) is 4.20. The summed E-state index contributed by atoms with van der Waals surface area (Å²) in [6, 6.07) is 16.6. The van der Waals surface area contributed by atoms with Crippen molar-refractivity contribution in [3.63, 3.8) is 0 Å². The molecule has 0 saturated heterocycles. The van der Waals surface area contributed by atoms with Crippen molar-refractivity contribution >= 4 is 23.0 Å². The van der Waals surface area contributed by atoms with E-state index in [-0.39, 0.29) is 11.5 Å². The van der Waals surface area contributed by atoms with Crippen molar-refractivity contribution in [2.75, 3.05) is 12.4 Å². The monoisotopic (exact) mass is 342 g/mol. The molecule has 4 heteroatoms. The van der Waals surface area contributed by atoms with E-state index in [2.05, 4.69) is 56.5 Å². The van der Waals surface area contributed by atoms with E-state index in [1.807, 2.05) is 30.3 Å². The second-order valence-electron chi connectivity index (χ2n) is 6.97. The third-order valence-corrected chi connectivity index (χ3v) is 4.42. The molecule has 1 unspecified atom stereocenters. The number of hydrogen-bond acceptors (Lipinski definition) is 2. The van der Waals surface area contributed by atoms with Gasteiger partial charge in [0.1, 0.15) is 5.75 Å². The normalized spacial score (nSPS) is 12.4. The zero-order chi connectivity index (χ0) is 17.7. The van der Waals surface area contributed by atoms with Crippen molar-refractivity contribution in [3.05, 3.63) is 48.5 Å². The molecule has 24 heavy (non-hydrogen) atoms. The van der Waals surface area contributed by atoms with Crippen LogP contribution in [0.4, 0.5) is 5.69 Å². The molecule has 2 aromatic rings. The summed E-state index contributed by atoms with van der Waals surface area (Å²) < 4.78 is 5.46. The number of ether oxygens (including phenoxy) is 1.